The molecule has 0 saturated heterocycles. The molecule has 4 atom stereocenters. The predicted molar refractivity (Wildman–Crippen MR) is 311 cm³/mol. The van der Waals surface area contributed by atoms with Crippen LogP contribution in [0.4, 0.5) is 0 Å². The number of carbonyl (C=O) groups is 1. The number of hydrogen-bond acceptors (Lipinski definition) is 5. The fourth-order valence-corrected chi connectivity index (χ4v) is 10.6. The molecule has 4 unspecified atom stereocenters. The van der Waals surface area contributed by atoms with E-state index < -0.39 is 36.9 Å². The Morgan fingerprint density at radius 2 is 0.563 bits per heavy atom. The van der Waals surface area contributed by atoms with Crippen LogP contribution in [0.25, 0.3) is 0 Å². The SMILES string of the molecule is CCCCCCCCCCCCCC/C=C\CCCCCCCCCCCCCCCC(O)C(=O)NC(CO)C(O)C(O)CCCCCCCCCCCCCCCCCCCCCCCCCCCC. The summed E-state index contributed by atoms with van der Waals surface area (Å²) in [6.45, 7) is 4.11. The number of aliphatic hydroxyl groups is 4. The first kappa shape index (κ1) is 70.1. The van der Waals surface area contributed by atoms with Gasteiger partial charge in [-0.05, 0) is 38.5 Å². The number of unbranched alkanes of at least 4 members (excludes halogenated alkanes) is 50. The molecule has 0 aromatic rings. The molecule has 0 spiro atoms. The van der Waals surface area contributed by atoms with E-state index in [0.717, 1.165) is 38.5 Å². The molecule has 0 bridgehead atoms. The van der Waals surface area contributed by atoms with Crippen LogP contribution in [0, 0.1) is 0 Å². The number of allylic oxidation sites excluding steroid dienone is 2. The molecule has 0 aliphatic heterocycles. The van der Waals surface area contributed by atoms with Crippen molar-refractivity contribution in [1.82, 2.24) is 5.32 Å². The summed E-state index contributed by atoms with van der Waals surface area (Å²) in [5, 5.41) is 44.2. The highest BCUT2D eigenvalue weighted by molar-refractivity contribution is 5.80. The second-order valence-electron chi connectivity index (χ2n) is 22.8. The quantitative estimate of drug-likeness (QED) is 0.0308. The first-order valence-corrected chi connectivity index (χ1v) is 32.6. The van der Waals surface area contributed by atoms with Gasteiger partial charge in [0, 0.05) is 0 Å². The smallest absolute Gasteiger partial charge is 0.249 e. The lowest BCUT2D eigenvalue weighted by molar-refractivity contribution is -0.132. The summed E-state index contributed by atoms with van der Waals surface area (Å²) in [5.41, 5.74) is 0. The minimum absolute atomic E-state index is 0.373. The average Bonchev–Trinajstić information content (AvgIpc) is 3.38. The molecule has 0 aliphatic rings. The fourth-order valence-electron chi connectivity index (χ4n) is 10.6. The standard InChI is InChI=1S/C65H129NO5/c1-3-5-7-9-11-13-15-17-19-21-23-25-27-29-31-32-33-35-37-39-41-43-45-47-49-51-53-55-57-59-63(69)65(71)66-61(60-67)64(70)62(68)58-56-54-52-50-48-46-44-42-40-38-36-34-30-28-26-24-22-20-18-16-14-12-10-8-6-4-2/h29,31,61-64,67-70H,3-28,30,32-60H2,1-2H3,(H,66,71)/b31-29-. The number of amides is 1. The Hall–Kier alpha value is -0.950. The van der Waals surface area contributed by atoms with Crippen molar-refractivity contribution in [3.63, 3.8) is 0 Å². The number of carbonyl (C=O) groups excluding carboxylic acids is 1. The van der Waals surface area contributed by atoms with Crippen LogP contribution in [-0.4, -0.2) is 57.3 Å². The van der Waals surface area contributed by atoms with E-state index in [1.807, 2.05) is 0 Å². The third-order valence-corrected chi connectivity index (χ3v) is 15.7. The van der Waals surface area contributed by atoms with Gasteiger partial charge in [0.1, 0.15) is 12.2 Å². The van der Waals surface area contributed by atoms with E-state index in [1.54, 1.807) is 0 Å². The zero-order valence-electron chi connectivity index (χ0n) is 48.3. The van der Waals surface area contributed by atoms with Gasteiger partial charge < -0.3 is 25.7 Å². The summed E-state index contributed by atoms with van der Waals surface area (Å²) in [5.74, 6) is -0.576. The Bertz CT molecular complexity index is 1040. The molecular formula is C65H129NO5. The lowest BCUT2D eigenvalue weighted by Crippen LogP contribution is -2.53. The van der Waals surface area contributed by atoms with Crippen molar-refractivity contribution in [3.05, 3.63) is 12.2 Å². The fraction of sp³-hybridized carbons (Fsp3) is 0.954. The number of rotatable bonds is 61. The van der Waals surface area contributed by atoms with Gasteiger partial charge in [0.25, 0.3) is 0 Å². The van der Waals surface area contributed by atoms with Crippen molar-refractivity contribution in [2.45, 2.75) is 391 Å². The van der Waals surface area contributed by atoms with E-state index in [-0.39, 0.29) is 0 Å². The van der Waals surface area contributed by atoms with Crippen LogP contribution in [-0.2, 0) is 4.79 Å². The Kier molecular flexibility index (Phi) is 59.1. The highest BCUT2D eigenvalue weighted by Crippen LogP contribution is 2.19. The van der Waals surface area contributed by atoms with E-state index in [9.17, 15) is 25.2 Å². The highest BCUT2D eigenvalue weighted by atomic mass is 16.3. The Morgan fingerprint density at radius 3 is 0.817 bits per heavy atom. The summed E-state index contributed by atoms with van der Waals surface area (Å²) in [7, 11) is 0. The first-order chi connectivity index (χ1) is 35.0. The maximum Gasteiger partial charge on any atom is 0.249 e. The van der Waals surface area contributed by atoms with Gasteiger partial charge in [0.05, 0.1) is 18.8 Å². The zero-order valence-corrected chi connectivity index (χ0v) is 48.3. The topological polar surface area (TPSA) is 110 Å². The lowest BCUT2D eigenvalue weighted by Gasteiger charge is -2.27. The Labute approximate surface area is 444 Å². The van der Waals surface area contributed by atoms with Crippen LogP contribution in [0.3, 0.4) is 0 Å². The van der Waals surface area contributed by atoms with Gasteiger partial charge in [-0.25, -0.2) is 0 Å². The molecule has 6 nitrogen and oxygen atoms in total. The molecule has 71 heavy (non-hydrogen) atoms. The normalized spacial score (nSPS) is 13.6. The van der Waals surface area contributed by atoms with Gasteiger partial charge in [0.2, 0.25) is 5.91 Å². The van der Waals surface area contributed by atoms with Crippen LogP contribution in [0.5, 0.6) is 0 Å². The van der Waals surface area contributed by atoms with Gasteiger partial charge in [-0.15, -0.1) is 0 Å². The molecular weight excluding hydrogens is 875 g/mol. The minimum Gasteiger partial charge on any atom is -0.394 e. The van der Waals surface area contributed by atoms with E-state index >= 15 is 0 Å². The summed E-state index contributed by atoms with van der Waals surface area (Å²) in [4.78, 5) is 12.6. The molecule has 1 amide bonds. The molecule has 0 fully saturated rings. The second-order valence-corrected chi connectivity index (χ2v) is 22.8. The number of hydrogen-bond donors (Lipinski definition) is 5. The van der Waals surface area contributed by atoms with E-state index in [1.165, 1.54) is 302 Å². The molecule has 6 heteroatoms. The first-order valence-electron chi connectivity index (χ1n) is 32.6. The summed E-state index contributed by atoms with van der Waals surface area (Å²) < 4.78 is 0. The van der Waals surface area contributed by atoms with Crippen molar-refractivity contribution in [1.29, 1.82) is 0 Å². The molecule has 0 radical (unpaired) electrons. The van der Waals surface area contributed by atoms with E-state index in [4.69, 9.17) is 0 Å². The second kappa shape index (κ2) is 59.9. The average molecular weight is 1000 g/mol. The number of nitrogens with one attached hydrogen (secondary N) is 1. The van der Waals surface area contributed by atoms with Crippen LogP contribution in [0.2, 0.25) is 0 Å². The highest BCUT2D eigenvalue weighted by Gasteiger charge is 2.28. The molecule has 0 saturated carbocycles. The molecule has 5 N–H and O–H groups in total. The van der Waals surface area contributed by atoms with Gasteiger partial charge in [-0.2, -0.15) is 0 Å². The van der Waals surface area contributed by atoms with Crippen LogP contribution < -0.4 is 5.32 Å². The molecule has 424 valence electrons. The van der Waals surface area contributed by atoms with Crippen molar-refractivity contribution in [3.8, 4) is 0 Å². The van der Waals surface area contributed by atoms with Crippen LogP contribution in [0.15, 0.2) is 12.2 Å². The van der Waals surface area contributed by atoms with Crippen LogP contribution >= 0.6 is 0 Å². The third-order valence-electron chi connectivity index (χ3n) is 15.7. The van der Waals surface area contributed by atoms with Gasteiger partial charge >= 0.3 is 0 Å². The Balaban J connectivity index is 3.55. The van der Waals surface area contributed by atoms with E-state index in [2.05, 4.69) is 31.3 Å². The monoisotopic (exact) mass is 1000 g/mol. The lowest BCUT2D eigenvalue weighted by atomic mass is 9.99. The van der Waals surface area contributed by atoms with E-state index in [0.29, 0.717) is 12.8 Å². The summed E-state index contributed by atoms with van der Waals surface area (Å²) >= 11 is 0. The molecule has 0 aromatic carbocycles. The molecule has 0 rings (SSSR count). The maximum absolute atomic E-state index is 12.6. The van der Waals surface area contributed by atoms with Crippen molar-refractivity contribution < 1.29 is 25.2 Å². The zero-order chi connectivity index (χ0) is 51.6. The minimum atomic E-state index is -1.26. The third kappa shape index (κ3) is 53.7. The molecule has 0 aromatic heterocycles. The van der Waals surface area contributed by atoms with Crippen molar-refractivity contribution in [2.75, 3.05) is 6.61 Å². The van der Waals surface area contributed by atoms with Crippen molar-refractivity contribution >= 4 is 5.91 Å². The summed E-state index contributed by atoms with van der Waals surface area (Å²) in [6, 6.07) is -0.984. The van der Waals surface area contributed by atoms with Gasteiger partial charge in [-0.1, -0.05) is 341 Å². The predicted octanol–water partition coefficient (Wildman–Crippen LogP) is 19.6. The molecule has 0 aliphatic carbocycles. The number of aliphatic hydroxyl groups excluding tert-OH is 4. The van der Waals surface area contributed by atoms with Gasteiger partial charge in [-0.3, -0.25) is 4.79 Å². The Morgan fingerprint density at radius 1 is 0.338 bits per heavy atom. The largest absolute Gasteiger partial charge is 0.394 e. The van der Waals surface area contributed by atoms with Gasteiger partial charge in [0.15, 0.2) is 0 Å². The maximum atomic E-state index is 12.6. The summed E-state index contributed by atoms with van der Waals surface area (Å²) in [6.07, 6.45) is 73.1. The van der Waals surface area contributed by atoms with Crippen LogP contribution in [0.1, 0.15) is 367 Å². The van der Waals surface area contributed by atoms with Crippen molar-refractivity contribution in [2.24, 2.45) is 0 Å². The molecule has 0 heterocycles.